The van der Waals surface area contributed by atoms with Gasteiger partial charge in [-0.15, -0.1) is 0 Å². The van der Waals surface area contributed by atoms with E-state index in [0.717, 1.165) is 16.7 Å². The molecule has 0 spiro atoms. The minimum Gasteiger partial charge on any atom is -0.392 e. The molecule has 1 heteroatoms. The van der Waals surface area contributed by atoms with Gasteiger partial charge in [-0.3, -0.25) is 0 Å². The molecule has 1 N–H and O–H groups in total. The Hall–Kier alpha value is -2.48. The van der Waals surface area contributed by atoms with Crippen molar-refractivity contribution in [2.24, 2.45) is 0 Å². The van der Waals surface area contributed by atoms with Gasteiger partial charge in [-0.05, 0) is 41.7 Å². The number of aliphatic hydroxyl groups is 1. The van der Waals surface area contributed by atoms with Crippen LogP contribution in [0.25, 0.3) is 0 Å². The second-order valence-corrected chi connectivity index (χ2v) is 3.72. The molecular formula is C17H12O. The molecule has 0 aliphatic heterocycles. The molecule has 2 rings (SSSR count). The molecule has 86 valence electrons. The predicted octanol–water partition coefficient (Wildman–Crippen LogP) is 2.58. The summed E-state index contributed by atoms with van der Waals surface area (Å²) in [5, 5.41) is 8.91. The van der Waals surface area contributed by atoms with Crippen molar-refractivity contribution >= 4 is 0 Å². The Balaban J connectivity index is 2.06. The molecule has 18 heavy (non-hydrogen) atoms. The van der Waals surface area contributed by atoms with Crippen LogP contribution in [-0.2, 0) is 6.61 Å². The molecule has 0 saturated heterocycles. The van der Waals surface area contributed by atoms with Crippen molar-refractivity contribution in [3.05, 3.63) is 71.3 Å². The van der Waals surface area contributed by atoms with Crippen molar-refractivity contribution in [1.82, 2.24) is 0 Å². The van der Waals surface area contributed by atoms with Gasteiger partial charge in [0.05, 0.1) is 6.61 Å². The van der Waals surface area contributed by atoms with Crippen LogP contribution < -0.4 is 0 Å². The SMILES string of the molecule is OCc1ccc(C#CC#Cc2ccccc2)cc1. The van der Waals surface area contributed by atoms with Gasteiger partial charge in [-0.25, -0.2) is 0 Å². The summed E-state index contributed by atoms with van der Waals surface area (Å²) in [6.45, 7) is 0.0571. The first-order valence-electron chi connectivity index (χ1n) is 5.65. The van der Waals surface area contributed by atoms with Gasteiger partial charge in [0.2, 0.25) is 0 Å². The zero-order valence-electron chi connectivity index (χ0n) is 9.85. The average molecular weight is 232 g/mol. The van der Waals surface area contributed by atoms with Gasteiger partial charge < -0.3 is 5.11 Å². The third-order valence-electron chi connectivity index (χ3n) is 2.39. The molecule has 0 amide bonds. The Morgan fingerprint density at radius 1 is 0.722 bits per heavy atom. The zero-order chi connectivity index (χ0) is 12.6. The summed E-state index contributed by atoms with van der Waals surface area (Å²) >= 11 is 0. The van der Waals surface area contributed by atoms with E-state index in [-0.39, 0.29) is 6.61 Å². The Labute approximate surface area is 107 Å². The largest absolute Gasteiger partial charge is 0.392 e. The fourth-order valence-corrected chi connectivity index (χ4v) is 1.42. The highest BCUT2D eigenvalue weighted by atomic mass is 16.3. The Kier molecular flexibility index (Phi) is 4.20. The van der Waals surface area contributed by atoms with Gasteiger partial charge in [-0.2, -0.15) is 0 Å². The summed E-state index contributed by atoms with van der Waals surface area (Å²) < 4.78 is 0. The van der Waals surface area contributed by atoms with Crippen LogP contribution in [-0.4, -0.2) is 5.11 Å². The van der Waals surface area contributed by atoms with Crippen LogP contribution in [0.4, 0.5) is 0 Å². The van der Waals surface area contributed by atoms with E-state index in [9.17, 15) is 0 Å². The van der Waals surface area contributed by atoms with E-state index in [2.05, 4.69) is 23.7 Å². The molecular weight excluding hydrogens is 220 g/mol. The lowest BCUT2D eigenvalue weighted by Crippen LogP contribution is -1.82. The summed E-state index contributed by atoms with van der Waals surface area (Å²) in [7, 11) is 0. The fraction of sp³-hybridized carbons (Fsp3) is 0.0588. The van der Waals surface area contributed by atoms with Crippen LogP contribution in [0.2, 0.25) is 0 Å². The summed E-state index contributed by atoms with van der Waals surface area (Å²) in [6.07, 6.45) is 0. The maximum absolute atomic E-state index is 8.91. The molecule has 0 radical (unpaired) electrons. The molecule has 0 heterocycles. The van der Waals surface area contributed by atoms with Gasteiger partial charge in [0, 0.05) is 11.1 Å². The second-order valence-electron chi connectivity index (χ2n) is 3.72. The van der Waals surface area contributed by atoms with Crippen LogP contribution >= 0.6 is 0 Å². The maximum atomic E-state index is 8.91. The zero-order valence-corrected chi connectivity index (χ0v) is 9.85. The third kappa shape index (κ3) is 3.52. The molecule has 0 aromatic heterocycles. The normalized spacial score (nSPS) is 8.72. The summed E-state index contributed by atoms with van der Waals surface area (Å²) in [5.74, 6) is 11.6. The number of hydrogen-bond donors (Lipinski definition) is 1. The smallest absolute Gasteiger partial charge is 0.0681 e. The molecule has 0 aliphatic rings. The summed E-state index contributed by atoms with van der Waals surface area (Å²) in [5.41, 5.74) is 2.74. The van der Waals surface area contributed by atoms with Gasteiger partial charge in [0.1, 0.15) is 0 Å². The quantitative estimate of drug-likeness (QED) is 0.749. The maximum Gasteiger partial charge on any atom is 0.0681 e. The second kappa shape index (κ2) is 6.30. The summed E-state index contributed by atoms with van der Waals surface area (Å²) in [4.78, 5) is 0. The fourth-order valence-electron chi connectivity index (χ4n) is 1.42. The molecule has 1 nitrogen and oxygen atoms in total. The average Bonchev–Trinajstić information content (AvgIpc) is 2.45. The van der Waals surface area contributed by atoms with E-state index in [4.69, 9.17) is 5.11 Å². The minimum absolute atomic E-state index is 0.0571. The van der Waals surface area contributed by atoms with Crippen molar-refractivity contribution in [2.45, 2.75) is 6.61 Å². The van der Waals surface area contributed by atoms with Gasteiger partial charge in [0.15, 0.2) is 0 Å². The summed E-state index contributed by atoms with van der Waals surface area (Å²) in [6, 6.07) is 17.2. The van der Waals surface area contributed by atoms with Crippen molar-refractivity contribution in [1.29, 1.82) is 0 Å². The van der Waals surface area contributed by atoms with E-state index >= 15 is 0 Å². The topological polar surface area (TPSA) is 20.2 Å². The molecule has 2 aromatic carbocycles. The molecule has 0 atom stereocenters. The highest BCUT2D eigenvalue weighted by Gasteiger charge is 1.88. The number of rotatable bonds is 1. The lowest BCUT2D eigenvalue weighted by Gasteiger charge is -1.93. The molecule has 2 aromatic rings. The standard InChI is InChI=1S/C17H12O/c18-14-17-12-10-16(11-13-17)9-5-4-8-15-6-2-1-3-7-15/h1-3,6-7,10-13,18H,14H2. The number of aliphatic hydroxyl groups excluding tert-OH is 1. The van der Waals surface area contributed by atoms with Crippen molar-refractivity contribution in [3.8, 4) is 23.7 Å². The van der Waals surface area contributed by atoms with Gasteiger partial charge in [-0.1, -0.05) is 42.2 Å². The first kappa shape index (κ1) is 12.0. The van der Waals surface area contributed by atoms with Crippen molar-refractivity contribution in [2.75, 3.05) is 0 Å². The third-order valence-corrected chi connectivity index (χ3v) is 2.39. The lowest BCUT2D eigenvalue weighted by molar-refractivity contribution is 0.282. The molecule has 0 saturated carbocycles. The minimum atomic E-state index is 0.0571. The lowest BCUT2D eigenvalue weighted by atomic mass is 10.1. The van der Waals surface area contributed by atoms with Gasteiger partial charge in [0.25, 0.3) is 0 Å². The van der Waals surface area contributed by atoms with E-state index in [0.29, 0.717) is 0 Å². The Bertz CT molecular complexity index is 617. The highest BCUT2D eigenvalue weighted by molar-refractivity contribution is 5.44. The first-order chi connectivity index (χ1) is 8.88. The van der Waals surface area contributed by atoms with Crippen LogP contribution in [0, 0.1) is 23.7 Å². The van der Waals surface area contributed by atoms with Crippen molar-refractivity contribution < 1.29 is 5.11 Å². The van der Waals surface area contributed by atoms with Gasteiger partial charge >= 0.3 is 0 Å². The van der Waals surface area contributed by atoms with E-state index in [1.54, 1.807) is 0 Å². The van der Waals surface area contributed by atoms with Crippen LogP contribution in [0.5, 0.6) is 0 Å². The van der Waals surface area contributed by atoms with Crippen LogP contribution in [0.1, 0.15) is 16.7 Å². The number of benzene rings is 2. The van der Waals surface area contributed by atoms with E-state index in [1.807, 2.05) is 54.6 Å². The van der Waals surface area contributed by atoms with E-state index < -0.39 is 0 Å². The highest BCUT2D eigenvalue weighted by Crippen LogP contribution is 2.02. The molecule has 0 aliphatic carbocycles. The molecule has 0 fully saturated rings. The number of hydrogen-bond acceptors (Lipinski definition) is 1. The molecule has 0 unspecified atom stereocenters. The van der Waals surface area contributed by atoms with Crippen LogP contribution in [0.15, 0.2) is 54.6 Å². The first-order valence-corrected chi connectivity index (χ1v) is 5.65. The van der Waals surface area contributed by atoms with Crippen molar-refractivity contribution in [3.63, 3.8) is 0 Å². The molecule has 0 bridgehead atoms. The van der Waals surface area contributed by atoms with E-state index in [1.165, 1.54) is 0 Å². The monoisotopic (exact) mass is 232 g/mol. The van der Waals surface area contributed by atoms with Crippen LogP contribution in [0.3, 0.4) is 0 Å². The predicted molar refractivity (Wildman–Crippen MR) is 72.6 cm³/mol. The Morgan fingerprint density at radius 2 is 1.28 bits per heavy atom. The Morgan fingerprint density at radius 3 is 1.83 bits per heavy atom.